The van der Waals surface area contributed by atoms with E-state index >= 15 is 0 Å². The minimum Gasteiger partial charge on any atom is -0.748 e. The number of para-hydroxylation sites is 3. The predicted octanol–water partition coefficient (Wildman–Crippen LogP) is 5.15. The van der Waals surface area contributed by atoms with Crippen molar-refractivity contribution >= 4 is 55.0 Å². The molecule has 182 valence electrons. The van der Waals surface area contributed by atoms with E-state index in [0.29, 0.717) is 6.26 Å². The van der Waals surface area contributed by atoms with Gasteiger partial charge in [0.25, 0.3) is 0 Å². The molecule has 6 nitrogen and oxygen atoms in total. The highest BCUT2D eigenvalue weighted by Crippen LogP contribution is 2.43. The van der Waals surface area contributed by atoms with Gasteiger partial charge in [-0.25, -0.2) is 13.0 Å². The van der Waals surface area contributed by atoms with Crippen LogP contribution in [0.25, 0.3) is 33.0 Å². The Morgan fingerprint density at radius 2 is 1.22 bits per heavy atom. The van der Waals surface area contributed by atoms with Crippen molar-refractivity contribution in [2.24, 2.45) is 14.1 Å². The summed E-state index contributed by atoms with van der Waals surface area (Å²) in [7, 11) is 2.49. The van der Waals surface area contributed by atoms with Gasteiger partial charge in [0.2, 0.25) is 5.69 Å². The van der Waals surface area contributed by atoms with Gasteiger partial charge in [0.05, 0.1) is 21.3 Å². The Kier molecular flexibility index (Phi) is 5.90. The van der Waals surface area contributed by atoms with Gasteiger partial charge < -0.3 is 13.7 Å². The maximum Gasteiger partial charge on any atom is 0.213 e. The lowest BCUT2D eigenvalue weighted by molar-refractivity contribution is -0.395. The van der Waals surface area contributed by atoms with Crippen LogP contribution in [0.2, 0.25) is 0 Å². The van der Waals surface area contributed by atoms with E-state index in [-0.39, 0.29) is 0 Å². The molecule has 36 heavy (non-hydrogen) atoms. The molecule has 5 aromatic rings. The fourth-order valence-electron chi connectivity index (χ4n) is 5.06. The van der Waals surface area contributed by atoms with Crippen LogP contribution < -0.4 is 0 Å². The molecule has 0 amide bonds. The summed E-state index contributed by atoms with van der Waals surface area (Å²) in [5, 5.41) is 2.56. The smallest absolute Gasteiger partial charge is 0.213 e. The Balaban J connectivity index is 0.000000489. The van der Waals surface area contributed by atoms with Crippen LogP contribution in [0.1, 0.15) is 16.7 Å². The summed E-state index contributed by atoms with van der Waals surface area (Å²) in [4.78, 5) is 0. The van der Waals surface area contributed by atoms with Crippen LogP contribution in [0.5, 0.6) is 0 Å². The van der Waals surface area contributed by atoms with Gasteiger partial charge in [-0.1, -0.05) is 48.5 Å². The van der Waals surface area contributed by atoms with E-state index in [2.05, 4.69) is 126 Å². The fraction of sp³-hybridized carbons (Fsp3) is 0.138. The second-order valence-electron chi connectivity index (χ2n) is 9.09. The first-order valence-electron chi connectivity index (χ1n) is 11.5. The van der Waals surface area contributed by atoms with Gasteiger partial charge in [0.1, 0.15) is 7.05 Å². The molecular weight excluding hydrogens is 470 g/mol. The van der Waals surface area contributed by atoms with Crippen molar-refractivity contribution in [3.63, 3.8) is 0 Å². The molecule has 0 N–H and O–H groups in total. The average molecular weight is 498 g/mol. The summed E-state index contributed by atoms with van der Waals surface area (Å²) < 4.78 is 33.9. The summed E-state index contributed by atoms with van der Waals surface area (Å²) in [5.41, 5.74) is 10.1. The molecule has 0 radical (unpaired) electrons. The molecular formula is C29H27N3O3S. The van der Waals surface area contributed by atoms with Crippen molar-refractivity contribution in [1.82, 2.24) is 9.13 Å². The quantitative estimate of drug-likeness (QED) is 0.250. The third-order valence-electron chi connectivity index (χ3n) is 6.50. The van der Waals surface area contributed by atoms with E-state index < -0.39 is 10.1 Å². The number of fused-ring (bicyclic) bond motifs is 3. The van der Waals surface area contributed by atoms with E-state index in [1.54, 1.807) is 0 Å². The van der Waals surface area contributed by atoms with E-state index in [9.17, 15) is 0 Å². The van der Waals surface area contributed by atoms with Crippen LogP contribution in [-0.4, -0.2) is 46.2 Å². The molecule has 6 rings (SSSR count). The lowest BCUT2D eigenvalue weighted by atomic mass is 9.90. The van der Waals surface area contributed by atoms with Gasteiger partial charge in [0.15, 0.2) is 6.21 Å². The van der Waals surface area contributed by atoms with Gasteiger partial charge >= 0.3 is 0 Å². The summed E-state index contributed by atoms with van der Waals surface area (Å²) in [6.07, 6.45) is 7.45. The third kappa shape index (κ3) is 4.27. The van der Waals surface area contributed by atoms with Crippen molar-refractivity contribution in [3.05, 3.63) is 102 Å². The predicted molar refractivity (Wildman–Crippen MR) is 146 cm³/mol. The molecule has 0 bridgehead atoms. The fourth-order valence-corrected chi connectivity index (χ4v) is 5.06. The lowest BCUT2D eigenvalue weighted by Crippen LogP contribution is -1.95. The molecule has 0 unspecified atom stereocenters. The first-order chi connectivity index (χ1) is 17.1. The highest BCUT2D eigenvalue weighted by Gasteiger charge is 2.29. The zero-order chi connectivity index (χ0) is 25.6. The zero-order valence-corrected chi connectivity index (χ0v) is 21.5. The molecule has 0 atom stereocenters. The van der Waals surface area contributed by atoms with Crippen molar-refractivity contribution < 1.29 is 17.5 Å². The van der Waals surface area contributed by atoms with Crippen LogP contribution in [0, 0.1) is 0 Å². The number of aromatic nitrogens is 2. The summed E-state index contributed by atoms with van der Waals surface area (Å²) in [5.74, 6) is 0. The Morgan fingerprint density at radius 1 is 0.778 bits per heavy atom. The van der Waals surface area contributed by atoms with E-state index in [1.807, 2.05) is 0 Å². The maximum absolute atomic E-state index is 9.08. The van der Waals surface area contributed by atoms with Gasteiger partial charge in [-0.15, -0.1) is 0 Å². The third-order valence-corrected chi connectivity index (χ3v) is 6.50. The van der Waals surface area contributed by atoms with Crippen molar-refractivity contribution in [3.8, 4) is 0 Å². The molecule has 0 saturated heterocycles. The number of hydrogen-bond donors (Lipinski definition) is 0. The SMILES string of the molecule is CS(=O)(=O)[O-].Cn1cc(C(=C2C=[N+](C)c3ccccc32)c2cn(C)c3ccccc23)c2ccccc21. The van der Waals surface area contributed by atoms with Crippen LogP contribution in [0.3, 0.4) is 0 Å². The van der Waals surface area contributed by atoms with Crippen LogP contribution in [-0.2, 0) is 24.2 Å². The Labute approximate surface area is 210 Å². The molecule has 1 aliphatic heterocycles. The molecule has 0 fully saturated rings. The van der Waals surface area contributed by atoms with Gasteiger partial charge in [-0.05, 0) is 18.2 Å². The van der Waals surface area contributed by atoms with Gasteiger partial charge in [0, 0.05) is 77.3 Å². The number of hydrogen-bond acceptors (Lipinski definition) is 3. The number of nitrogens with zero attached hydrogens (tertiary/aromatic N) is 3. The van der Waals surface area contributed by atoms with Crippen molar-refractivity contribution in [2.75, 3.05) is 13.3 Å². The Hall–Kier alpha value is -3.94. The van der Waals surface area contributed by atoms with E-state index in [1.165, 1.54) is 55.3 Å². The molecule has 2 aromatic heterocycles. The molecule has 3 aromatic carbocycles. The highest BCUT2D eigenvalue weighted by atomic mass is 32.2. The van der Waals surface area contributed by atoms with Crippen molar-refractivity contribution in [1.29, 1.82) is 0 Å². The number of allylic oxidation sites excluding steroid dienone is 1. The monoisotopic (exact) mass is 497 g/mol. The topological polar surface area (TPSA) is 70.1 Å². The lowest BCUT2D eigenvalue weighted by Gasteiger charge is -2.09. The van der Waals surface area contributed by atoms with Crippen LogP contribution in [0.15, 0.2) is 85.2 Å². The Bertz CT molecular complexity index is 1710. The minimum absolute atomic E-state index is 0.604. The van der Waals surface area contributed by atoms with Crippen molar-refractivity contribution in [2.45, 2.75) is 0 Å². The largest absolute Gasteiger partial charge is 0.748 e. The molecule has 0 spiro atoms. The molecule has 1 aliphatic rings. The first-order valence-corrected chi connectivity index (χ1v) is 13.4. The second kappa shape index (κ2) is 8.93. The zero-order valence-electron chi connectivity index (χ0n) is 20.6. The first kappa shape index (κ1) is 23.8. The van der Waals surface area contributed by atoms with Crippen LogP contribution in [0.4, 0.5) is 5.69 Å². The van der Waals surface area contributed by atoms with Gasteiger partial charge in [-0.2, -0.15) is 0 Å². The standard InChI is InChI=1S/C28H24N3.CH4O3S/c1-29-16-22(19-10-4-7-13-25(19)29)28(23-17-30(2)26-14-8-5-11-20(23)26)24-18-31(3)27-15-9-6-12-21(24)27;1-5(2,3)4/h4-18H,1-3H3;1H3,(H,2,3,4)/q+1;/p-1. The van der Waals surface area contributed by atoms with E-state index in [0.717, 1.165) is 0 Å². The summed E-state index contributed by atoms with van der Waals surface area (Å²) in [6.45, 7) is 0. The minimum atomic E-state index is -3.92. The second-order valence-corrected chi connectivity index (χ2v) is 10.5. The molecule has 3 heterocycles. The molecule has 7 heteroatoms. The average Bonchev–Trinajstić information content (AvgIpc) is 3.47. The maximum atomic E-state index is 9.08. The van der Waals surface area contributed by atoms with Crippen LogP contribution >= 0.6 is 0 Å². The number of aryl methyl sites for hydroxylation is 2. The summed E-state index contributed by atoms with van der Waals surface area (Å²) >= 11 is 0. The normalized spacial score (nSPS) is 12.9. The van der Waals surface area contributed by atoms with Gasteiger partial charge in [-0.3, -0.25) is 0 Å². The van der Waals surface area contributed by atoms with E-state index in [4.69, 9.17) is 13.0 Å². The highest BCUT2D eigenvalue weighted by molar-refractivity contribution is 7.84. The molecule has 0 aliphatic carbocycles. The number of rotatable bonds is 2. The Morgan fingerprint density at radius 3 is 1.75 bits per heavy atom. The summed E-state index contributed by atoms with van der Waals surface area (Å²) in [6, 6.07) is 26.0. The number of benzene rings is 3. The molecule has 0 saturated carbocycles.